The van der Waals surface area contributed by atoms with E-state index in [-0.39, 0.29) is 0 Å². The van der Waals surface area contributed by atoms with Gasteiger partial charge in [0.15, 0.2) is 0 Å². The molecular formula is C27H29N5O2. The molecule has 34 heavy (non-hydrogen) atoms. The molecule has 174 valence electrons. The zero-order valence-corrected chi connectivity index (χ0v) is 19.3. The first-order chi connectivity index (χ1) is 16.7. The number of aromatic nitrogens is 2. The molecule has 1 aliphatic rings. The topological polar surface area (TPSA) is 86.3 Å². The first-order valence-corrected chi connectivity index (χ1v) is 11.6. The molecule has 0 aliphatic carbocycles. The van der Waals surface area contributed by atoms with Crippen molar-refractivity contribution in [3.63, 3.8) is 0 Å². The van der Waals surface area contributed by atoms with E-state index < -0.39 is 0 Å². The number of benzene rings is 2. The molecule has 3 heterocycles. The molecular weight excluding hydrogens is 426 g/mol. The van der Waals surface area contributed by atoms with Crippen molar-refractivity contribution in [3.05, 3.63) is 72.6 Å². The number of aromatic amines is 1. The lowest BCUT2D eigenvalue weighted by atomic mass is 10.0. The van der Waals surface area contributed by atoms with Gasteiger partial charge in [-0.05, 0) is 23.8 Å². The fourth-order valence-electron chi connectivity index (χ4n) is 4.37. The molecule has 7 heteroatoms. The molecule has 0 saturated carbocycles. The van der Waals surface area contributed by atoms with E-state index in [4.69, 9.17) is 14.9 Å². The van der Waals surface area contributed by atoms with Crippen LogP contribution in [0.1, 0.15) is 5.56 Å². The number of hydrogen-bond acceptors (Lipinski definition) is 5. The third-order valence-corrected chi connectivity index (χ3v) is 6.25. The highest BCUT2D eigenvalue weighted by molar-refractivity contribution is 5.99. The number of ether oxygens (including phenoxy) is 2. The third kappa shape index (κ3) is 4.66. The van der Waals surface area contributed by atoms with Crippen molar-refractivity contribution in [1.29, 1.82) is 5.41 Å². The number of methoxy groups -OCH3 is 1. The summed E-state index contributed by atoms with van der Waals surface area (Å²) < 4.78 is 11.0. The van der Waals surface area contributed by atoms with E-state index in [9.17, 15) is 0 Å². The van der Waals surface area contributed by atoms with Gasteiger partial charge in [-0.3, -0.25) is 10.3 Å². The predicted octanol–water partition coefficient (Wildman–Crippen LogP) is 4.15. The molecule has 5 rings (SSSR count). The highest BCUT2D eigenvalue weighted by Crippen LogP contribution is 2.36. The van der Waals surface area contributed by atoms with Crippen molar-refractivity contribution in [2.45, 2.75) is 0 Å². The maximum atomic E-state index is 8.51. The van der Waals surface area contributed by atoms with Crippen molar-refractivity contribution in [2.24, 2.45) is 0 Å². The second-order valence-electron chi connectivity index (χ2n) is 8.36. The van der Waals surface area contributed by atoms with Gasteiger partial charge >= 0.3 is 0 Å². The van der Waals surface area contributed by atoms with Gasteiger partial charge in [-0.2, -0.15) is 0 Å². The van der Waals surface area contributed by atoms with Crippen molar-refractivity contribution >= 4 is 16.9 Å². The van der Waals surface area contributed by atoms with Crippen LogP contribution in [0, 0.1) is 5.41 Å². The number of morpholine rings is 1. The molecule has 1 fully saturated rings. The number of amidine groups is 1. The maximum absolute atomic E-state index is 8.51. The van der Waals surface area contributed by atoms with Crippen LogP contribution < -0.4 is 10.1 Å². The van der Waals surface area contributed by atoms with E-state index in [1.54, 1.807) is 7.11 Å². The predicted molar refractivity (Wildman–Crippen MR) is 136 cm³/mol. The van der Waals surface area contributed by atoms with Gasteiger partial charge in [0.2, 0.25) is 0 Å². The molecule has 2 aromatic carbocycles. The third-order valence-electron chi connectivity index (χ3n) is 6.25. The van der Waals surface area contributed by atoms with Crippen molar-refractivity contribution < 1.29 is 9.47 Å². The molecule has 0 atom stereocenters. The van der Waals surface area contributed by atoms with E-state index >= 15 is 0 Å². The molecule has 0 bridgehead atoms. The molecule has 0 spiro atoms. The Labute approximate surface area is 199 Å². The number of pyridine rings is 1. The van der Waals surface area contributed by atoms with Gasteiger partial charge < -0.3 is 19.8 Å². The normalized spacial score (nSPS) is 14.3. The molecule has 0 unspecified atom stereocenters. The quantitative estimate of drug-likeness (QED) is 0.288. The number of rotatable bonds is 7. The zero-order valence-electron chi connectivity index (χ0n) is 19.3. The Morgan fingerprint density at radius 1 is 1.09 bits per heavy atom. The zero-order chi connectivity index (χ0) is 23.3. The molecule has 1 saturated heterocycles. The minimum atomic E-state index is 0.431. The Balaban J connectivity index is 1.36. The molecule has 1 aliphatic heterocycles. The van der Waals surface area contributed by atoms with Gasteiger partial charge in [0, 0.05) is 66.2 Å². The monoisotopic (exact) mass is 455 g/mol. The first-order valence-electron chi connectivity index (χ1n) is 11.6. The van der Waals surface area contributed by atoms with Crippen LogP contribution in [0.3, 0.4) is 0 Å². The minimum Gasteiger partial charge on any atom is -0.496 e. The Kier molecular flexibility index (Phi) is 6.56. The van der Waals surface area contributed by atoms with Crippen LogP contribution in [0.15, 0.2) is 67.0 Å². The van der Waals surface area contributed by atoms with Crippen LogP contribution in [0.25, 0.3) is 33.3 Å². The Bertz CT molecular complexity index is 1290. The summed E-state index contributed by atoms with van der Waals surface area (Å²) in [4.78, 5) is 10.3. The Morgan fingerprint density at radius 2 is 1.94 bits per heavy atom. The van der Waals surface area contributed by atoms with Crippen LogP contribution >= 0.6 is 0 Å². The second kappa shape index (κ2) is 10.1. The summed E-state index contributed by atoms with van der Waals surface area (Å²) in [5.74, 6) is 1.26. The standard InChI is InChI=1S/C27H29N5O2/c1-33-25-8-3-2-7-22(25)24-18-31-27-23(24)16-21(17-30-27)19-5-4-6-20(15-19)26(28)29-9-10-32-11-13-34-14-12-32/h2-8,15-18H,9-14H2,1H3,(H2,28,29)(H,30,31). The van der Waals surface area contributed by atoms with Crippen molar-refractivity contribution in [3.8, 4) is 28.0 Å². The minimum absolute atomic E-state index is 0.431. The highest BCUT2D eigenvalue weighted by Gasteiger charge is 2.14. The van der Waals surface area contributed by atoms with Gasteiger partial charge in [-0.15, -0.1) is 0 Å². The number of fused-ring (bicyclic) bond motifs is 1. The van der Waals surface area contributed by atoms with E-state index in [1.165, 1.54) is 0 Å². The lowest BCUT2D eigenvalue weighted by molar-refractivity contribution is 0.0389. The average molecular weight is 456 g/mol. The molecule has 0 radical (unpaired) electrons. The Morgan fingerprint density at radius 3 is 2.79 bits per heavy atom. The van der Waals surface area contributed by atoms with Gasteiger partial charge in [-0.1, -0.05) is 36.4 Å². The lowest BCUT2D eigenvalue weighted by Crippen LogP contribution is -2.41. The van der Waals surface area contributed by atoms with E-state index in [0.29, 0.717) is 5.84 Å². The SMILES string of the molecule is COc1ccccc1-c1c[nH]c2ncc(-c3cccc(C(=N)NCCN4CCOCC4)c3)cc12. The molecule has 0 amide bonds. The number of hydrogen-bond donors (Lipinski definition) is 3. The Hall–Kier alpha value is -3.68. The molecule has 4 aromatic rings. The number of H-pyrrole nitrogens is 1. The van der Waals surface area contributed by atoms with Crippen LogP contribution in [-0.2, 0) is 4.74 Å². The van der Waals surface area contributed by atoms with Gasteiger partial charge in [0.1, 0.15) is 17.2 Å². The summed E-state index contributed by atoms with van der Waals surface area (Å²) in [6.45, 7) is 5.13. The summed E-state index contributed by atoms with van der Waals surface area (Å²) in [5, 5.41) is 12.8. The number of para-hydroxylation sites is 1. The van der Waals surface area contributed by atoms with E-state index in [2.05, 4.69) is 38.4 Å². The van der Waals surface area contributed by atoms with Gasteiger partial charge in [-0.25, -0.2) is 4.98 Å². The fraction of sp³-hybridized carbons (Fsp3) is 0.259. The number of nitrogens with zero attached hydrogens (tertiary/aromatic N) is 2. The molecule has 7 nitrogen and oxygen atoms in total. The molecule has 2 aromatic heterocycles. The highest BCUT2D eigenvalue weighted by atomic mass is 16.5. The summed E-state index contributed by atoms with van der Waals surface area (Å²) in [6, 6.07) is 18.2. The second-order valence-corrected chi connectivity index (χ2v) is 8.36. The molecule has 3 N–H and O–H groups in total. The largest absolute Gasteiger partial charge is 0.496 e. The lowest BCUT2D eigenvalue weighted by Gasteiger charge is -2.26. The van der Waals surface area contributed by atoms with Crippen molar-refractivity contribution in [2.75, 3.05) is 46.5 Å². The van der Waals surface area contributed by atoms with E-state index in [1.807, 2.05) is 48.8 Å². The van der Waals surface area contributed by atoms with Crippen LogP contribution in [0.2, 0.25) is 0 Å². The maximum Gasteiger partial charge on any atom is 0.137 e. The number of nitrogens with one attached hydrogen (secondary N) is 3. The average Bonchev–Trinajstić information content (AvgIpc) is 3.32. The fourth-order valence-corrected chi connectivity index (χ4v) is 4.37. The van der Waals surface area contributed by atoms with Crippen LogP contribution in [0.5, 0.6) is 5.75 Å². The van der Waals surface area contributed by atoms with Gasteiger partial charge in [0.05, 0.1) is 20.3 Å². The summed E-state index contributed by atoms with van der Waals surface area (Å²) in [5.41, 5.74) is 5.80. The smallest absolute Gasteiger partial charge is 0.137 e. The summed E-state index contributed by atoms with van der Waals surface area (Å²) in [6.07, 6.45) is 3.85. The van der Waals surface area contributed by atoms with E-state index in [0.717, 1.165) is 84.0 Å². The summed E-state index contributed by atoms with van der Waals surface area (Å²) >= 11 is 0. The van der Waals surface area contributed by atoms with Crippen LogP contribution in [0.4, 0.5) is 0 Å². The van der Waals surface area contributed by atoms with Crippen molar-refractivity contribution in [1.82, 2.24) is 20.2 Å². The first kappa shape index (κ1) is 22.1. The van der Waals surface area contributed by atoms with Crippen LogP contribution in [-0.4, -0.2) is 67.2 Å². The summed E-state index contributed by atoms with van der Waals surface area (Å²) in [7, 11) is 1.69. The van der Waals surface area contributed by atoms with Gasteiger partial charge in [0.25, 0.3) is 0 Å².